The first-order chi connectivity index (χ1) is 4.81. The van der Waals surface area contributed by atoms with Crippen LogP contribution in [0.5, 0.6) is 0 Å². The molecule has 0 aliphatic heterocycles. The Labute approximate surface area is 66.9 Å². The largest absolute Gasteiger partial charge is 0.300 e. The smallest absolute Gasteiger partial charge is 0.229 e. The fourth-order valence-electron chi connectivity index (χ4n) is 0.700. The van der Waals surface area contributed by atoms with Crippen LogP contribution < -0.4 is 4.72 Å². The molecule has 0 heterocycles. The van der Waals surface area contributed by atoms with Crippen LogP contribution in [0.2, 0.25) is 0 Å². The molecule has 1 N–H and O–H groups in total. The summed E-state index contributed by atoms with van der Waals surface area (Å²) in [4.78, 5) is 10.8. The van der Waals surface area contributed by atoms with Crippen LogP contribution in [0.3, 0.4) is 0 Å². The molecule has 0 rings (SSSR count). The summed E-state index contributed by atoms with van der Waals surface area (Å²) in [6.07, 6.45) is 5.88. The molecular weight excluding hydrogens is 146 g/mol. The zero-order chi connectivity index (χ0) is 7.82. The highest BCUT2D eigenvalue weighted by Gasteiger charge is 1.96. The Bertz CT molecular complexity index is 95.6. The van der Waals surface area contributed by atoms with Crippen LogP contribution >= 0.6 is 11.9 Å². The molecule has 0 unspecified atom stereocenters. The van der Waals surface area contributed by atoms with Gasteiger partial charge >= 0.3 is 0 Å². The van der Waals surface area contributed by atoms with Crippen LogP contribution in [0.1, 0.15) is 32.6 Å². The minimum atomic E-state index is 0.154. The zero-order valence-electron chi connectivity index (χ0n) is 6.64. The lowest BCUT2D eigenvalue weighted by atomic mass is 10.2. The Morgan fingerprint density at radius 1 is 1.50 bits per heavy atom. The fourth-order valence-corrected chi connectivity index (χ4v) is 1.03. The molecule has 1 amide bonds. The lowest BCUT2D eigenvalue weighted by Crippen LogP contribution is -2.13. The maximum atomic E-state index is 10.8. The zero-order valence-corrected chi connectivity index (χ0v) is 7.46. The van der Waals surface area contributed by atoms with Gasteiger partial charge in [0.1, 0.15) is 0 Å². The van der Waals surface area contributed by atoms with Crippen molar-refractivity contribution in [2.75, 3.05) is 6.26 Å². The predicted octanol–water partition coefficient (Wildman–Crippen LogP) is 1.96. The Balaban J connectivity index is 3.05. The highest BCUT2D eigenvalue weighted by Crippen LogP contribution is 1.99. The third-order valence-corrected chi connectivity index (χ3v) is 1.66. The Morgan fingerprint density at radius 2 is 2.20 bits per heavy atom. The minimum absolute atomic E-state index is 0.154. The molecule has 0 fully saturated rings. The molecule has 0 saturated carbocycles. The van der Waals surface area contributed by atoms with E-state index in [4.69, 9.17) is 0 Å². The number of unbranched alkanes of at least 4 members (excludes halogenated alkanes) is 2. The van der Waals surface area contributed by atoms with Crippen LogP contribution in [0.4, 0.5) is 0 Å². The second kappa shape index (κ2) is 6.93. The number of carbonyl (C=O) groups is 1. The average Bonchev–Trinajstić information content (AvgIpc) is 1.89. The Kier molecular flexibility index (Phi) is 6.81. The second-order valence-corrected chi connectivity index (χ2v) is 2.80. The van der Waals surface area contributed by atoms with Crippen molar-refractivity contribution in [2.45, 2.75) is 32.6 Å². The molecule has 60 valence electrons. The van der Waals surface area contributed by atoms with E-state index in [9.17, 15) is 4.79 Å². The van der Waals surface area contributed by atoms with Crippen LogP contribution in [-0.2, 0) is 4.79 Å². The van der Waals surface area contributed by atoms with Crippen LogP contribution in [0.15, 0.2) is 0 Å². The number of amides is 1. The van der Waals surface area contributed by atoms with E-state index >= 15 is 0 Å². The topological polar surface area (TPSA) is 29.1 Å². The number of hydrogen-bond acceptors (Lipinski definition) is 2. The van der Waals surface area contributed by atoms with E-state index in [1.807, 2.05) is 6.26 Å². The number of hydrogen-bond donors (Lipinski definition) is 1. The summed E-state index contributed by atoms with van der Waals surface area (Å²) in [7, 11) is 0. The van der Waals surface area contributed by atoms with E-state index in [0.29, 0.717) is 6.42 Å². The number of carbonyl (C=O) groups excluding carboxylic acids is 1. The maximum Gasteiger partial charge on any atom is 0.229 e. The van der Waals surface area contributed by atoms with Gasteiger partial charge in [0.2, 0.25) is 5.91 Å². The summed E-state index contributed by atoms with van der Waals surface area (Å²) < 4.78 is 2.68. The quantitative estimate of drug-likeness (QED) is 0.493. The van der Waals surface area contributed by atoms with Gasteiger partial charge in [-0.1, -0.05) is 31.7 Å². The Morgan fingerprint density at radius 3 is 2.70 bits per heavy atom. The molecule has 0 aliphatic rings. The van der Waals surface area contributed by atoms with Crippen molar-refractivity contribution in [1.82, 2.24) is 4.72 Å². The van der Waals surface area contributed by atoms with E-state index < -0.39 is 0 Å². The molecule has 0 saturated heterocycles. The van der Waals surface area contributed by atoms with Crippen molar-refractivity contribution in [3.63, 3.8) is 0 Å². The lowest BCUT2D eigenvalue weighted by Gasteiger charge is -1.98. The molecule has 0 bridgehead atoms. The van der Waals surface area contributed by atoms with Gasteiger partial charge in [0, 0.05) is 12.7 Å². The number of nitrogens with one attached hydrogen (secondary N) is 1. The fraction of sp³-hybridized carbons (Fsp3) is 0.857. The second-order valence-electron chi connectivity index (χ2n) is 2.19. The van der Waals surface area contributed by atoms with E-state index in [1.54, 1.807) is 0 Å². The SMILES string of the molecule is CCCCCC(=O)NSC. The summed E-state index contributed by atoms with van der Waals surface area (Å²) >= 11 is 1.37. The van der Waals surface area contributed by atoms with Crippen molar-refractivity contribution in [3.05, 3.63) is 0 Å². The van der Waals surface area contributed by atoms with Crippen molar-refractivity contribution < 1.29 is 4.79 Å². The molecule has 0 atom stereocenters. The third-order valence-electron chi connectivity index (χ3n) is 1.22. The van der Waals surface area contributed by atoms with Crippen molar-refractivity contribution in [2.24, 2.45) is 0 Å². The van der Waals surface area contributed by atoms with Gasteiger partial charge < -0.3 is 4.72 Å². The molecule has 2 nitrogen and oxygen atoms in total. The van der Waals surface area contributed by atoms with Gasteiger partial charge in [-0.05, 0) is 6.42 Å². The maximum absolute atomic E-state index is 10.8. The molecule has 10 heavy (non-hydrogen) atoms. The highest BCUT2D eigenvalue weighted by atomic mass is 32.2. The first-order valence-corrected chi connectivity index (χ1v) is 4.85. The average molecular weight is 161 g/mol. The van der Waals surface area contributed by atoms with Gasteiger partial charge in [-0.25, -0.2) is 0 Å². The van der Waals surface area contributed by atoms with Crippen molar-refractivity contribution in [3.8, 4) is 0 Å². The van der Waals surface area contributed by atoms with E-state index in [0.717, 1.165) is 12.8 Å². The van der Waals surface area contributed by atoms with Gasteiger partial charge in [0.25, 0.3) is 0 Å². The monoisotopic (exact) mass is 161 g/mol. The highest BCUT2D eigenvalue weighted by molar-refractivity contribution is 7.97. The van der Waals surface area contributed by atoms with Gasteiger partial charge in [-0.15, -0.1) is 0 Å². The summed E-state index contributed by atoms with van der Waals surface area (Å²) in [5.41, 5.74) is 0. The lowest BCUT2D eigenvalue weighted by molar-refractivity contribution is -0.119. The minimum Gasteiger partial charge on any atom is -0.300 e. The first kappa shape index (κ1) is 9.82. The predicted molar refractivity (Wildman–Crippen MR) is 45.8 cm³/mol. The van der Waals surface area contributed by atoms with Crippen molar-refractivity contribution >= 4 is 17.9 Å². The molecule has 0 aliphatic carbocycles. The molecule has 3 heteroatoms. The summed E-state index contributed by atoms with van der Waals surface area (Å²) in [6, 6.07) is 0. The summed E-state index contributed by atoms with van der Waals surface area (Å²) in [6.45, 7) is 2.13. The van der Waals surface area contributed by atoms with E-state index in [-0.39, 0.29) is 5.91 Å². The van der Waals surface area contributed by atoms with Crippen LogP contribution in [0, 0.1) is 0 Å². The van der Waals surface area contributed by atoms with E-state index in [1.165, 1.54) is 18.4 Å². The number of rotatable bonds is 5. The normalized spacial score (nSPS) is 9.40. The molecular formula is C7H15NOS. The van der Waals surface area contributed by atoms with Gasteiger partial charge in [-0.3, -0.25) is 4.79 Å². The summed E-state index contributed by atoms with van der Waals surface area (Å²) in [5, 5.41) is 0. The van der Waals surface area contributed by atoms with Crippen molar-refractivity contribution in [1.29, 1.82) is 0 Å². The Hall–Kier alpha value is -0.180. The van der Waals surface area contributed by atoms with Crippen LogP contribution in [-0.4, -0.2) is 12.2 Å². The third kappa shape index (κ3) is 5.95. The molecule has 0 spiro atoms. The van der Waals surface area contributed by atoms with Crippen LogP contribution in [0.25, 0.3) is 0 Å². The van der Waals surface area contributed by atoms with Gasteiger partial charge in [-0.2, -0.15) is 0 Å². The standard InChI is InChI=1S/C7H15NOS/c1-3-4-5-6-7(9)8-10-2/h3-6H2,1-2H3,(H,8,9). The molecule has 0 aromatic rings. The van der Waals surface area contributed by atoms with Gasteiger partial charge in [0.05, 0.1) is 0 Å². The van der Waals surface area contributed by atoms with E-state index in [2.05, 4.69) is 11.6 Å². The first-order valence-electron chi connectivity index (χ1n) is 3.63. The molecule has 0 radical (unpaired) electrons. The van der Waals surface area contributed by atoms with Gasteiger partial charge in [0.15, 0.2) is 0 Å². The molecule has 0 aromatic carbocycles. The molecule has 0 aromatic heterocycles. The summed E-state index contributed by atoms with van der Waals surface area (Å²) in [5.74, 6) is 0.154.